The first kappa shape index (κ1) is 9.02. The molecule has 0 unspecified atom stereocenters. The molecule has 0 heterocycles. The molecule has 0 fully saturated rings. The van der Waals surface area contributed by atoms with E-state index in [1.165, 1.54) is 0 Å². The summed E-state index contributed by atoms with van der Waals surface area (Å²) in [6, 6.07) is -27.9. The number of hydrogen-bond donors (Lipinski definition) is 0. The van der Waals surface area contributed by atoms with Crippen LogP contribution >= 0.6 is 0 Å². The van der Waals surface area contributed by atoms with Crippen LogP contribution in [0.15, 0.2) is 169 Å². The van der Waals surface area contributed by atoms with Crippen molar-refractivity contribution in [3.05, 3.63) is 169 Å². The van der Waals surface area contributed by atoms with Gasteiger partial charge in [-0.1, -0.05) is 151 Å². The van der Waals surface area contributed by atoms with Crippen molar-refractivity contribution >= 4 is 32.3 Å². The van der Waals surface area contributed by atoms with E-state index in [1.54, 1.807) is 0 Å². The van der Waals surface area contributed by atoms with Crippen LogP contribution in [0.4, 0.5) is 0 Å². The molecule has 8 rings (SSSR count). The molecule has 0 aliphatic rings. The molecule has 0 N–H and O–H groups in total. The van der Waals surface area contributed by atoms with Gasteiger partial charge < -0.3 is 0 Å². The van der Waals surface area contributed by atoms with Crippen molar-refractivity contribution in [1.29, 1.82) is 0 Å². The Hall–Kier alpha value is -5.46. The average Bonchev–Trinajstić information content (AvgIpc) is 3.32. The van der Waals surface area contributed by atoms with E-state index in [2.05, 4.69) is 0 Å². The molecule has 42 heavy (non-hydrogen) atoms. The minimum Gasteiger partial charge on any atom is -0.0622 e. The first-order valence-corrected chi connectivity index (χ1v) is 12.2. The Morgan fingerprint density at radius 2 is 0.738 bits per heavy atom. The van der Waals surface area contributed by atoms with E-state index in [0.29, 0.717) is 0 Å². The van der Waals surface area contributed by atoms with Gasteiger partial charge in [-0.3, -0.25) is 0 Å². The van der Waals surface area contributed by atoms with Crippen molar-refractivity contribution in [1.82, 2.24) is 0 Å². The van der Waals surface area contributed by atoms with Crippen molar-refractivity contribution in [2.45, 2.75) is 0 Å². The van der Waals surface area contributed by atoms with Gasteiger partial charge in [0.1, 0.15) is 0 Å². The van der Waals surface area contributed by atoms with Gasteiger partial charge in [-0.15, -0.1) is 0 Å². The van der Waals surface area contributed by atoms with Gasteiger partial charge >= 0.3 is 0 Å². The minimum absolute atomic E-state index is 0.631. The SMILES string of the molecule is [2H]c1c([2H])c([2H])c(-c2c([2H])c([2H])c([2H])c(-c3c4c([2H])c([2H])c([2H])c([2H])c4c(-c4c([2H])c([2H])c5c([2H])c([2H])c([2H])c([2H])c5c4[2H])c4c([2H])c(-c5c([2H])c([2H])c([2H])c([2H])c5[2H])c([2H])c([2H])c34)c2[2H])c([2H])c1[2H]. The molecule has 8 aromatic rings. The fourth-order valence-electron chi connectivity index (χ4n) is 4.59. The highest BCUT2D eigenvalue weighted by molar-refractivity contribution is 6.22. The molecule has 0 nitrogen and oxygen atoms in total. The second-order valence-electron chi connectivity index (χ2n) is 8.75. The number of benzene rings is 8. The maximum atomic E-state index is 9.94. The van der Waals surface area contributed by atoms with Gasteiger partial charge in [0.15, 0.2) is 0 Å². The molecule has 0 aliphatic carbocycles. The molecule has 0 amide bonds. The van der Waals surface area contributed by atoms with Crippen molar-refractivity contribution in [3.8, 4) is 44.5 Å². The predicted molar refractivity (Wildman–Crippen MR) is 181 cm³/mol. The van der Waals surface area contributed by atoms with E-state index in [1.807, 2.05) is 0 Å². The average molecular weight is 561 g/mol. The lowest BCUT2D eigenvalue weighted by atomic mass is 9.84. The molecule has 0 aliphatic heterocycles. The molecular weight excluding hydrogens is 504 g/mol. The van der Waals surface area contributed by atoms with Crippen LogP contribution in [-0.4, -0.2) is 0 Å². The van der Waals surface area contributed by atoms with E-state index in [4.69, 9.17) is 26.0 Å². The largest absolute Gasteiger partial charge is 0.0636 e. The van der Waals surface area contributed by atoms with Crippen LogP contribution in [0.3, 0.4) is 0 Å². The van der Waals surface area contributed by atoms with Crippen LogP contribution in [0.25, 0.3) is 76.8 Å². The summed E-state index contributed by atoms with van der Waals surface area (Å²) in [4.78, 5) is 0. The number of hydrogen-bond acceptors (Lipinski definition) is 0. The van der Waals surface area contributed by atoms with Crippen LogP contribution in [-0.2, 0) is 0 Å². The summed E-state index contributed by atoms with van der Waals surface area (Å²) in [5.41, 5.74) is -6.89. The van der Waals surface area contributed by atoms with Gasteiger partial charge in [0.2, 0.25) is 0 Å². The Morgan fingerprint density at radius 1 is 0.262 bits per heavy atom. The molecule has 0 radical (unpaired) electrons. The third-order valence-corrected chi connectivity index (χ3v) is 6.38. The summed E-state index contributed by atoms with van der Waals surface area (Å²) in [6.07, 6.45) is 0. The Morgan fingerprint density at radius 3 is 1.45 bits per heavy atom. The van der Waals surface area contributed by atoms with Crippen LogP contribution in [0.2, 0.25) is 0 Å². The molecule has 0 aromatic heterocycles. The highest BCUT2D eigenvalue weighted by atomic mass is 14.2. The lowest BCUT2D eigenvalue weighted by Gasteiger charge is -2.19. The van der Waals surface area contributed by atoms with Gasteiger partial charge in [0.05, 0.1) is 38.4 Å². The summed E-state index contributed by atoms with van der Waals surface area (Å²) >= 11 is 0. The standard InChI is InChI=1S/C42H28/c1-3-12-29(13-4-1)33-18-11-19-35(26-33)41-37-20-9-10-21-38(37)42(36-23-22-31-16-7-8-17-32(31)27-36)40-28-34(24-25-39(40)41)30-14-5-2-6-15-30/h1-28H/i1D,2D,3D,4D,5D,6D,7D,8D,9D,10D,11D,12D,13D,14D,15D,16D,17D,18D,19D,20D,21D,22D,23D,24D,25D,26D,27D,28D. The second-order valence-corrected chi connectivity index (χ2v) is 8.75. The Bertz CT molecular complexity index is 3740. The van der Waals surface area contributed by atoms with Gasteiger partial charge in [0, 0.05) is 0 Å². The highest BCUT2D eigenvalue weighted by Crippen LogP contribution is 2.45. The zero-order chi connectivity index (χ0) is 52.2. The fourth-order valence-corrected chi connectivity index (χ4v) is 4.59. The van der Waals surface area contributed by atoms with Gasteiger partial charge in [-0.25, -0.2) is 0 Å². The predicted octanol–water partition coefficient (Wildman–Crippen LogP) is 11.8. The minimum atomic E-state index is -1.13. The molecule has 0 saturated carbocycles. The summed E-state index contributed by atoms with van der Waals surface area (Å²) in [5, 5.41) is -4.68. The van der Waals surface area contributed by atoms with E-state index >= 15 is 0 Å². The first-order chi connectivity index (χ1) is 32.5. The first-order valence-electron chi connectivity index (χ1n) is 26.2. The van der Waals surface area contributed by atoms with Crippen LogP contribution in [0.5, 0.6) is 0 Å². The van der Waals surface area contributed by atoms with Crippen LogP contribution < -0.4 is 0 Å². The lowest BCUT2D eigenvalue weighted by molar-refractivity contribution is 1.61. The molecule has 0 spiro atoms. The Kier molecular flexibility index (Phi) is 2.19. The van der Waals surface area contributed by atoms with E-state index in [0.717, 1.165) is 0 Å². The summed E-state index contributed by atoms with van der Waals surface area (Å²) in [7, 11) is 0. The smallest absolute Gasteiger partial charge is 0.0622 e. The quantitative estimate of drug-likeness (QED) is 0.188. The molecule has 0 saturated heterocycles. The second kappa shape index (κ2) is 10.2. The topological polar surface area (TPSA) is 0 Å². The van der Waals surface area contributed by atoms with Crippen molar-refractivity contribution in [2.75, 3.05) is 0 Å². The third-order valence-electron chi connectivity index (χ3n) is 6.38. The van der Waals surface area contributed by atoms with E-state index in [-0.39, 0.29) is 0 Å². The third kappa shape index (κ3) is 4.17. The van der Waals surface area contributed by atoms with E-state index < -0.39 is 246 Å². The zero-order valence-electron chi connectivity index (χ0n) is 49.0. The van der Waals surface area contributed by atoms with Crippen molar-refractivity contribution in [3.63, 3.8) is 0 Å². The monoisotopic (exact) mass is 560 g/mol. The lowest BCUT2D eigenvalue weighted by Crippen LogP contribution is -1.92. The summed E-state index contributed by atoms with van der Waals surface area (Å²) in [5.74, 6) is 0. The Balaban J connectivity index is 1.81. The fraction of sp³-hybridized carbons (Fsp3) is 0. The molecule has 0 bridgehead atoms. The molecule has 0 heteroatoms. The van der Waals surface area contributed by atoms with Crippen molar-refractivity contribution in [2.24, 2.45) is 0 Å². The Labute approximate surface area is 285 Å². The molecule has 196 valence electrons. The molecular formula is C42H28. The highest BCUT2D eigenvalue weighted by Gasteiger charge is 2.18. The summed E-state index contributed by atoms with van der Waals surface area (Å²) < 4.78 is 249. The number of rotatable bonds is 4. The normalized spacial score (nSPS) is 20.7. The van der Waals surface area contributed by atoms with Gasteiger partial charge in [-0.2, -0.15) is 0 Å². The van der Waals surface area contributed by atoms with Crippen LogP contribution in [0.1, 0.15) is 38.4 Å². The zero-order valence-corrected chi connectivity index (χ0v) is 21.0. The summed E-state index contributed by atoms with van der Waals surface area (Å²) in [6.45, 7) is 0. The number of fused-ring (bicyclic) bond motifs is 3. The van der Waals surface area contributed by atoms with Gasteiger partial charge in [-0.05, 0) is 95.0 Å². The maximum Gasteiger partial charge on any atom is 0.0636 e. The van der Waals surface area contributed by atoms with E-state index in [9.17, 15) is 12.3 Å². The van der Waals surface area contributed by atoms with Crippen molar-refractivity contribution < 1.29 is 38.4 Å². The van der Waals surface area contributed by atoms with Gasteiger partial charge in [0.25, 0.3) is 0 Å². The van der Waals surface area contributed by atoms with Crippen LogP contribution in [0, 0.1) is 0 Å². The maximum absolute atomic E-state index is 9.94. The molecule has 8 aromatic carbocycles. The molecule has 0 atom stereocenters.